The van der Waals surface area contributed by atoms with Crippen LogP contribution in [0.5, 0.6) is 0 Å². The van der Waals surface area contributed by atoms with Crippen LogP contribution in [-0.4, -0.2) is 27.2 Å². The van der Waals surface area contributed by atoms with Crippen LogP contribution in [0, 0.1) is 0 Å². The van der Waals surface area contributed by atoms with Gasteiger partial charge in [0.25, 0.3) is 11.5 Å². The summed E-state index contributed by atoms with van der Waals surface area (Å²) in [7, 11) is 0. The third kappa shape index (κ3) is 3.66. The topological polar surface area (TPSA) is 96.8 Å². The highest BCUT2D eigenvalue weighted by molar-refractivity contribution is 7.13. The minimum Gasteiger partial charge on any atom is -0.350 e. The van der Waals surface area contributed by atoms with E-state index in [0.29, 0.717) is 5.56 Å². The molecule has 0 saturated heterocycles. The van der Waals surface area contributed by atoms with E-state index in [9.17, 15) is 14.4 Å². The molecule has 0 saturated carbocycles. The average molecular weight is 342 g/mol. The van der Waals surface area contributed by atoms with Crippen molar-refractivity contribution in [3.63, 3.8) is 0 Å². The SMILES string of the molecule is O=C(NCCn1nc(-c2cccs2)ccc1=O)c1ccc(=O)[nH]c1. The molecule has 0 radical (unpaired) electrons. The highest BCUT2D eigenvalue weighted by Crippen LogP contribution is 2.20. The first-order valence-electron chi connectivity index (χ1n) is 7.22. The normalized spacial score (nSPS) is 10.5. The van der Waals surface area contributed by atoms with Gasteiger partial charge in [0.1, 0.15) is 5.69 Å². The second kappa shape index (κ2) is 7.05. The molecule has 1 amide bonds. The molecule has 3 heterocycles. The van der Waals surface area contributed by atoms with Gasteiger partial charge in [-0.15, -0.1) is 11.3 Å². The van der Waals surface area contributed by atoms with Gasteiger partial charge in [-0.05, 0) is 23.6 Å². The molecule has 0 bridgehead atoms. The van der Waals surface area contributed by atoms with Crippen molar-refractivity contribution in [1.82, 2.24) is 20.1 Å². The number of hydrogen-bond donors (Lipinski definition) is 2. The zero-order chi connectivity index (χ0) is 16.9. The van der Waals surface area contributed by atoms with E-state index < -0.39 is 0 Å². The molecule has 122 valence electrons. The van der Waals surface area contributed by atoms with Crippen molar-refractivity contribution in [2.45, 2.75) is 6.54 Å². The Balaban J connectivity index is 1.65. The van der Waals surface area contributed by atoms with Crippen molar-refractivity contribution in [3.8, 4) is 10.6 Å². The van der Waals surface area contributed by atoms with Gasteiger partial charge in [-0.2, -0.15) is 5.10 Å². The van der Waals surface area contributed by atoms with Crippen molar-refractivity contribution < 1.29 is 4.79 Å². The standard InChI is InChI=1S/C16H14N4O3S/c21-14-5-3-11(10-18-14)16(23)17-7-8-20-15(22)6-4-12(19-20)13-2-1-9-24-13/h1-6,9-10H,7-8H2,(H,17,23)(H,18,21). The van der Waals surface area contributed by atoms with Gasteiger partial charge in [0.05, 0.1) is 17.0 Å². The molecule has 3 aromatic heterocycles. The van der Waals surface area contributed by atoms with Gasteiger partial charge >= 0.3 is 0 Å². The van der Waals surface area contributed by atoms with E-state index in [2.05, 4.69) is 15.4 Å². The van der Waals surface area contributed by atoms with Crippen LogP contribution in [0.15, 0.2) is 57.6 Å². The average Bonchev–Trinajstić information content (AvgIpc) is 3.11. The Morgan fingerprint density at radius 3 is 2.79 bits per heavy atom. The number of rotatable bonds is 5. The molecule has 7 nitrogen and oxygen atoms in total. The molecule has 0 fully saturated rings. The van der Waals surface area contributed by atoms with Crippen LogP contribution < -0.4 is 16.4 Å². The lowest BCUT2D eigenvalue weighted by atomic mass is 10.3. The Labute approximate surface area is 140 Å². The molecule has 0 unspecified atom stereocenters. The Hall–Kier alpha value is -3.00. The Morgan fingerprint density at radius 1 is 1.21 bits per heavy atom. The summed E-state index contributed by atoms with van der Waals surface area (Å²) < 4.78 is 1.32. The number of thiophene rings is 1. The van der Waals surface area contributed by atoms with E-state index in [1.165, 1.54) is 29.1 Å². The maximum absolute atomic E-state index is 11.9. The minimum atomic E-state index is -0.325. The molecule has 0 aliphatic rings. The second-order valence-electron chi connectivity index (χ2n) is 4.95. The van der Waals surface area contributed by atoms with E-state index >= 15 is 0 Å². The first-order chi connectivity index (χ1) is 11.6. The summed E-state index contributed by atoms with van der Waals surface area (Å²) in [6, 6.07) is 9.72. The third-order valence-electron chi connectivity index (χ3n) is 3.30. The van der Waals surface area contributed by atoms with E-state index in [0.717, 1.165) is 10.6 Å². The summed E-state index contributed by atoms with van der Waals surface area (Å²) in [5, 5.41) is 8.94. The van der Waals surface area contributed by atoms with Gasteiger partial charge in [0, 0.05) is 24.9 Å². The maximum Gasteiger partial charge on any atom is 0.266 e. The molecule has 0 aromatic carbocycles. The molecule has 24 heavy (non-hydrogen) atoms. The lowest BCUT2D eigenvalue weighted by Gasteiger charge is -2.08. The Kier molecular flexibility index (Phi) is 4.66. The fraction of sp³-hybridized carbons (Fsp3) is 0.125. The van der Waals surface area contributed by atoms with Crippen LogP contribution in [0.2, 0.25) is 0 Å². The van der Waals surface area contributed by atoms with E-state index in [-0.39, 0.29) is 30.1 Å². The molecule has 3 rings (SSSR count). The van der Waals surface area contributed by atoms with Crippen molar-refractivity contribution in [2.24, 2.45) is 0 Å². The van der Waals surface area contributed by atoms with Crippen LogP contribution in [-0.2, 0) is 6.54 Å². The predicted molar refractivity (Wildman–Crippen MR) is 91.2 cm³/mol. The molecular weight excluding hydrogens is 328 g/mol. The zero-order valence-electron chi connectivity index (χ0n) is 12.6. The lowest BCUT2D eigenvalue weighted by molar-refractivity contribution is 0.0951. The number of aromatic nitrogens is 3. The fourth-order valence-corrected chi connectivity index (χ4v) is 2.78. The van der Waals surface area contributed by atoms with Gasteiger partial charge in [-0.25, -0.2) is 4.68 Å². The van der Waals surface area contributed by atoms with Crippen LogP contribution in [0.1, 0.15) is 10.4 Å². The van der Waals surface area contributed by atoms with Gasteiger partial charge in [0.2, 0.25) is 5.56 Å². The smallest absolute Gasteiger partial charge is 0.266 e. The van der Waals surface area contributed by atoms with Gasteiger partial charge in [-0.3, -0.25) is 14.4 Å². The largest absolute Gasteiger partial charge is 0.350 e. The van der Waals surface area contributed by atoms with E-state index in [1.807, 2.05) is 17.5 Å². The first-order valence-corrected chi connectivity index (χ1v) is 8.10. The van der Waals surface area contributed by atoms with E-state index in [1.54, 1.807) is 17.4 Å². The summed E-state index contributed by atoms with van der Waals surface area (Å²) in [6.45, 7) is 0.506. The van der Waals surface area contributed by atoms with Crippen LogP contribution >= 0.6 is 11.3 Å². The number of carbonyl (C=O) groups is 1. The number of pyridine rings is 1. The van der Waals surface area contributed by atoms with Crippen LogP contribution in [0.4, 0.5) is 0 Å². The van der Waals surface area contributed by atoms with Crippen LogP contribution in [0.3, 0.4) is 0 Å². The molecule has 0 spiro atoms. The molecular formula is C16H14N4O3S. The van der Waals surface area contributed by atoms with Crippen molar-refractivity contribution in [1.29, 1.82) is 0 Å². The van der Waals surface area contributed by atoms with Crippen molar-refractivity contribution >= 4 is 17.2 Å². The first kappa shape index (κ1) is 15.9. The molecule has 0 aliphatic heterocycles. The number of nitrogens with one attached hydrogen (secondary N) is 2. The number of nitrogens with zero attached hydrogens (tertiary/aromatic N) is 2. The highest BCUT2D eigenvalue weighted by atomic mass is 32.1. The minimum absolute atomic E-state index is 0.228. The van der Waals surface area contributed by atoms with Gasteiger partial charge < -0.3 is 10.3 Å². The van der Waals surface area contributed by atoms with Crippen molar-refractivity contribution in [3.05, 3.63) is 74.2 Å². The summed E-state index contributed by atoms with van der Waals surface area (Å²) in [6.07, 6.45) is 1.35. The fourth-order valence-electron chi connectivity index (χ4n) is 2.09. The molecule has 8 heteroatoms. The number of aromatic amines is 1. The zero-order valence-corrected chi connectivity index (χ0v) is 13.4. The van der Waals surface area contributed by atoms with Crippen LogP contribution in [0.25, 0.3) is 10.6 Å². The third-order valence-corrected chi connectivity index (χ3v) is 4.19. The summed E-state index contributed by atoms with van der Waals surface area (Å²) in [4.78, 5) is 38.2. The molecule has 3 aromatic rings. The number of H-pyrrole nitrogens is 1. The summed E-state index contributed by atoms with van der Waals surface area (Å²) in [5.74, 6) is -0.325. The number of hydrogen-bond acceptors (Lipinski definition) is 5. The molecule has 2 N–H and O–H groups in total. The number of amides is 1. The van der Waals surface area contributed by atoms with Gasteiger partial charge in [-0.1, -0.05) is 6.07 Å². The number of carbonyl (C=O) groups excluding carboxylic acids is 1. The summed E-state index contributed by atoms with van der Waals surface area (Å²) in [5.41, 5.74) is 0.570. The quantitative estimate of drug-likeness (QED) is 0.725. The molecule has 0 aliphatic carbocycles. The lowest BCUT2D eigenvalue weighted by Crippen LogP contribution is -2.32. The predicted octanol–water partition coefficient (Wildman–Crippen LogP) is 1.09. The van der Waals surface area contributed by atoms with Crippen molar-refractivity contribution in [2.75, 3.05) is 6.54 Å². The highest BCUT2D eigenvalue weighted by Gasteiger charge is 2.07. The Morgan fingerprint density at radius 2 is 2.08 bits per heavy atom. The monoisotopic (exact) mass is 342 g/mol. The summed E-state index contributed by atoms with van der Waals surface area (Å²) >= 11 is 1.54. The Bertz CT molecular complexity index is 939. The second-order valence-corrected chi connectivity index (χ2v) is 5.90. The van der Waals surface area contributed by atoms with Gasteiger partial charge in [0.15, 0.2) is 0 Å². The molecule has 0 atom stereocenters. The maximum atomic E-state index is 11.9. The van der Waals surface area contributed by atoms with E-state index in [4.69, 9.17) is 0 Å².